The van der Waals surface area contributed by atoms with E-state index in [1.54, 1.807) is 0 Å². The van der Waals surface area contributed by atoms with Crippen molar-refractivity contribution in [1.29, 1.82) is 5.26 Å². The lowest BCUT2D eigenvalue weighted by molar-refractivity contribution is -0.158. The first kappa shape index (κ1) is 14.4. The normalized spacial score (nSPS) is 10.6. The molecule has 1 amide bonds. The third kappa shape index (κ3) is 3.51. The van der Waals surface area contributed by atoms with Crippen molar-refractivity contribution in [2.24, 2.45) is 0 Å². The fourth-order valence-electron chi connectivity index (χ4n) is 1.19. The minimum absolute atomic E-state index is 0.0813. The molecule has 6 heteroatoms. The summed E-state index contributed by atoms with van der Waals surface area (Å²) in [6, 6.07) is 1.88. The molecule has 0 unspecified atom stereocenters. The van der Waals surface area contributed by atoms with Crippen LogP contribution in [-0.2, 0) is 14.3 Å². The van der Waals surface area contributed by atoms with Gasteiger partial charge >= 0.3 is 5.97 Å². The summed E-state index contributed by atoms with van der Waals surface area (Å²) < 4.78 is 4.67. The predicted molar refractivity (Wildman–Crippen MR) is 55.5 cm³/mol. The average molecular weight is 228 g/mol. The van der Waals surface area contributed by atoms with Gasteiger partial charge in [-0.15, -0.1) is 0 Å². The van der Waals surface area contributed by atoms with Gasteiger partial charge < -0.3 is 14.7 Å². The van der Waals surface area contributed by atoms with Gasteiger partial charge in [-0.05, 0) is 13.8 Å². The van der Waals surface area contributed by atoms with Crippen LogP contribution in [0.4, 0.5) is 0 Å². The molecule has 6 nitrogen and oxygen atoms in total. The number of amides is 1. The van der Waals surface area contributed by atoms with E-state index in [1.165, 1.54) is 21.0 Å². The number of hydrogen-bond donors (Lipinski definition) is 1. The molecule has 0 saturated heterocycles. The van der Waals surface area contributed by atoms with Crippen molar-refractivity contribution in [2.75, 3.05) is 20.3 Å². The number of ether oxygens (including phenoxy) is 1. The van der Waals surface area contributed by atoms with Crippen molar-refractivity contribution < 1.29 is 19.4 Å². The molecule has 0 spiro atoms. The standard InChI is InChI=1S/C10H16N2O4/c1-10(2,9(14)15)12(6-4-5-11)8(13)7-16-3/h4,6-7H2,1-3H3,(H,14,15). The van der Waals surface area contributed by atoms with Crippen LogP contribution in [0.15, 0.2) is 0 Å². The van der Waals surface area contributed by atoms with E-state index in [1.807, 2.05) is 6.07 Å². The third-order valence-electron chi connectivity index (χ3n) is 2.21. The topological polar surface area (TPSA) is 90.6 Å². The smallest absolute Gasteiger partial charge is 0.329 e. The Morgan fingerprint density at radius 3 is 2.44 bits per heavy atom. The second-order valence-electron chi connectivity index (χ2n) is 3.75. The van der Waals surface area contributed by atoms with Crippen molar-refractivity contribution in [1.82, 2.24) is 4.90 Å². The van der Waals surface area contributed by atoms with Gasteiger partial charge in [-0.3, -0.25) is 4.79 Å². The van der Waals surface area contributed by atoms with Crippen LogP contribution in [0.2, 0.25) is 0 Å². The molecule has 0 aliphatic rings. The highest BCUT2D eigenvalue weighted by Crippen LogP contribution is 2.15. The summed E-state index contributed by atoms with van der Waals surface area (Å²) in [4.78, 5) is 23.8. The molecule has 0 heterocycles. The zero-order valence-corrected chi connectivity index (χ0v) is 9.69. The van der Waals surface area contributed by atoms with Crippen molar-refractivity contribution >= 4 is 11.9 Å². The Bertz CT molecular complexity index is 306. The molecule has 0 aliphatic carbocycles. The number of aliphatic carboxylic acids is 1. The maximum absolute atomic E-state index is 11.6. The fourth-order valence-corrected chi connectivity index (χ4v) is 1.19. The average Bonchev–Trinajstić information content (AvgIpc) is 2.18. The van der Waals surface area contributed by atoms with Crippen molar-refractivity contribution in [3.63, 3.8) is 0 Å². The minimum atomic E-state index is -1.34. The Morgan fingerprint density at radius 2 is 2.06 bits per heavy atom. The van der Waals surface area contributed by atoms with Gasteiger partial charge in [0, 0.05) is 13.7 Å². The van der Waals surface area contributed by atoms with Gasteiger partial charge in [0.25, 0.3) is 0 Å². The first-order valence-corrected chi connectivity index (χ1v) is 4.77. The molecule has 90 valence electrons. The molecule has 0 atom stereocenters. The van der Waals surface area contributed by atoms with Crippen molar-refractivity contribution in [3.05, 3.63) is 0 Å². The van der Waals surface area contributed by atoms with E-state index in [4.69, 9.17) is 10.4 Å². The maximum atomic E-state index is 11.6. The van der Waals surface area contributed by atoms with Crippen molar-refractivity contribution in [2.45, 2.75) is 25.8 Å². The molecule has 0 radical (unpaired) electrons. The molecule has 16 heavy (non-hydrogen) atoms. The van der Waals surface area contributed by atoms with Gasteiger partial charge in [-0.1, -0.05) is 0 Å². The predicted octanol–water partition coefficient (Wildman–Crippen LogP) is 0.238. The SMILES string of the molecule is COCC(=O)N(CCC#N)C(C)(C)C(=O)O. The first-order chi connectivity index (χ1) is 7.37. The van der Waals surface area contributed by atoms with Gasteiger partial charge in [-0.25, -0.2) is 4.79 Å². The number of carbonyl (C=O) groups excluding carboxylic acids is 1. The number of hydrogen-bond acceptors (Lipinski definition) is 4. The lowest BCUT2D eigenvalue weighted by Gasteiger charge is -2.34. The second-order valence-corrected chi connectivity index (χ2v) is 3.75. The summed E-state index contributed by atoms with van der Waals surface area (Å²) in [7, 11) is 1.36. The zero-order valence-electron chi connectivity index (χ0n) is 9.69. The van der Waals surface area contributed by atoms with E-state index >= 15 is 0 Å². The molecule has 0 aliphatic heterocycles. The van der Waals surface area contributed by atoms with Gasteiger partial charge in [0.15, 0.2) is 0 Å². The highest BCUT2D eigenvalue weighted by atomic mass is 16.5. The first-order valence-electron chi connectivity index (χ1n) is 4.77. The number of nitrogens with zero attached hydrogens (tertiary/aromatic N) is 2. The van der Waals surface area contributed by atoms with Crippen LogP contribution in [0.25, 0.3) is 0 Å². The van der Waals surface area contributed by atoms with E-state index in [-0.39, 0.29) is 19.6 Å². The van der Waals surface area contributed by atoms with E-state index in [0.717, 1.165) is 4.90 Å². The van der Waals surface area contributed by atoms with Crippen LogP contribution in [0.1, 0.15) is 20.3 Å². The highest BCUT2D eigenvalue weighted by Gasteiger charge is 2.37. The largest absolute Gasteiger partial charge is 0.480 e. The Morgan fingerprint density at radius 1 is 1.50 bits per heavy atom. The van der Waals surface area contributed by atoms with Crippen LogP contribution >= 0.6 is 0 Å². The van der Waals surface area contributed by atoms with Gasteiger partial charge in [0.1, 0.15) is 12.1 Å². The zero-order chi connectivity index (χ0) is 12.8. The monoisotopic (exact) mass is 228 g/mol. The van der Waals surface area contributed by atoms with Crippen LogP contribution in [0.5, 0.6) is 0 Å². The lowest BCUT2D eigenvalue weighted by atomic mass is 10.0. The Hall–Kier alpha value is -1.61. The van der Waals surface area contributed by atoms with E-state index < -0.39 is 17.4 Å². The molecule has 0 aromatic heterocycles. The number of carboxylic acid groups (broad SMARTS) is 1. The van der Waals surface area contributed by atoms with Crippen LogP contribution in [0, 0.1) is 11.3 Å². The molecule has 0 saturated carbocycles. The summed E-state index contributed by atoms with van der Waals surface area (Å²) >= 11 is 0. The van der Waals surface area contributed by atoms with Gasteiger partial charge in [0.05, 0.1) is 12.5 Å². The minimum Gasteiger partial charge on any atom is -0.480 e. The van der Waals surface area contributed by atoms with Crippen LogP contribution in [-0.4, -0.2) is 47.7 Å². The molecule has 1 N–H and O–H groups in total. The number of rotatable bonds is 6. The molecule has 0 aromatic rings. The summed E-state index contributed by atoms with van der Waals surface area (Å²) in [6.07, 6.45) is 0.0894. The number of carbonyl (C=O) groups is 2. The molecule has 0 aromatic carbocycles. The fraction of sp³-hybridized carbons (Fsp3) is 0.700. The van der Waals surface area contributed by atoms with Gasteiger partial charge in [0.2, 0.25) is 5.91 Å². The highest BCUT2D eigenvalue weighted by molar-refractivity contribution is 5.87. The van der Waals surface area contributed by atoms with Crippen LogP contribution in [0.3, 0.4) is 0 Å². The number of nitriles is 1. The Balaban J connectivity index is 4.86. The third-order valence-corrected chi connectivity index (χ3v) is 2.21. The molecule has 0 bridgehead atoms. The summed E-state index contributed by atoms with van der Waals surface area (Å²) in [6.45, 7) is 2.72. The maximum Gasteiger partial charge on any atom is 0.329 e. The number of carboxylic acids is 1. The van der Waals surface area contributed by atoms with E-state index in [9.17, 15) is 9.59 Å². The molecular formula is C10H16N2O4. The molecular weight excluding hydrogens is 212 g/mol. The van der Waals surface area contributed by atoms with E-state index in [2.05, 4.69) is 4.74 Å². The lowest BCUT2D eigenvalue weighted by Crippen LogP contribution is -2.54. The summed E-state index contributed by atoms with van der Waals surface area (Å²) in [5.74, 6) is -1.56. The van der Waals surface area contributed by atoms with Crippen molar-refractivity contribution in [3.8, 4) is 6.07 Å². The van der Waals surface area contributed by atoms with Crippen LogP contribution < -0.4 is 0 Å². The summed E-state index contributed by atoms with van der Waals surface area (Å²) in [5.41, 5.74) is -1.34. The Kier molecular flexibility index (Phi) is 5.47. The second kappa shape index (κ2) is 6.08. The van der Waals surface area contributed by atoms with E-state index in [0.29, 0.717) is 0 Å². The Labute approximate surface area is 94.4 Å². The molecule has 0 fully saturated rings. The molecule has 0 rings (SSSR count). The summed E-state index contributed by atoms with van der Waals surface area (Å²) in [5, 5.41) is 17.5. The quantitative estimate of drug-likeness (QED) is 0.703. The number of methoxy groups -OCH3 is 1. The van der Waals surface area contributed by atoms with Gasteiger partial charge in [-0.2, -0.15) is 5.26 Å².